The summed E-state index contributed by atoms with van der Waals surface area (Å²) in [6.07, 6.45) is 3.58. The van der Waals surface area contributed by atoms with E-state index in [2.05, 4.69) is 25.4 Å². The summed E-state index contributed by atoms with van der Waals surface area (Å²) in [4.78, 5) is 12.0. The second kappa shape index (κ2) is 5.03. The molecule has 0 aromatic carbocycles. The van der Waals surface area contributed by atoms with Crippen LogP contribution in [0.1, 0.15) is 17.4 Å². The van der Waals surface area contributed by atoms with E-state index in [1.54, 1.807) is 6.92 Å². The number of hydrogen-bond acceptors (Lipinski definition) is 7. The minimum atomic E-state index is 0.272. The van der Waals surface area contributed by atoms with Gasteiger partial charge in [-0.05, 0) is 6.92 Å². The summed E-state index contributed by atoms with van der Waals surface area (Å²) >= 11 is 0. The zero-order valence-electron chi connectivity index (χ0n) is 9.21. The predicted octanol–water partition coefficient (Wildman–Crippen LogP) is 0.694. The molecule has 7 heteroatoms. The third-order valence-electron chi connectivity index (χ3n) is 2.01. The number of aromatic nitrogens is 4. The lowest BCUT2D eigenvalue weighted by Crippen LogP contribution is -2.08. The van der Waals surface area contributed by atoms with Gasteiger partial charge in [-0.15, -0.1) is 0 Å². The molecule has 0 atom stereocenters. The summed E-state index contributed by atoms with van der Waals surface area (Å²) in [5.74, 6) is 1.63. The molecule has 0 saturated heterocycles. The van der Waals surface area contributed by atoms with E-state index in [0.29, 0.717) is 30.5 Å². The van der Waals surface area contributed by atoms with Gasteiger partial charge in [0, 0.05) is 25.4 Å². The van der Waals surface area contributed by atoms with Gasteiger partial charge >= 0.3 is 0 Å². The Labute approximate surface area is 97.5 Å². The Bertz CT molecular complexity index is 544. The highest BCUT2D eigenvalue weighted by atomic mass is 16.5. The molecule has 0 saturated carbocycles. The maximum Gasteiger partial charge on any atom is 0.228 e. The van der Waals surface area contributed by atoms with Crippen LogP contribution in [-0.2, 0) is 6.42 Å². The highest BCUT2D eigenvalue weighted by Gasteiger charge is 2.05. The number of nitriles is 1. The van der Waals surface area contributed by atoms with Gasteiger partial charge in [0.15, 0.2) is 17.3 Å². The molecule has 0 fully saturated rings. The standard InChI is InChI=1S/C10H10N6O/c1-7-15-9(17-16-7)2-3-13-10-8(6-11)12-4-5-14-10/h4-5H,2-3H2,1H3,(H,13,14). The molecular weight excluding hydrogens is 220 g/mol. The van der Waals surface area contributed by atoms with Crippen LogP contribution in [0.25, 0.3) is 0 Å². The van der Waals surface area contributed by atoms with Gasteiger partial charge in [0.25, 0.3) is 0 Å². The van der Waals surface area contributed by atoms with Gasteiger partial charge in [0.05, 0.1) is 0 Å². The topological polar surface area (TPSA) is 101 Å². The molecule has 0 bridgehead atoms. The van der Waals surface area contributed by atoms with Gasteiger partial charge in [0.2, 0.25) is 5.89 Å². The van der Waals surface area contributed by atoms with Gasteiger partial charge in [-0.3, -0.25) is 0 Å². The van der Waals surface area contributed by atoms with Gasteiger partial charge in [-0.1, -0.05) is 5.16 Å². The molecule has 0 amide bonds. The number of anilines is 1. The third-order valence-corrected chi connectivity index (χ3v) is 2.01. The minimum absolute atomic E-state index is 0.272. The predicted molar refractivity (Wildman–Crippen MR) is 58.0 cm³/mol. The number of hydrogen-bond donors (Lipinski definition) is 1. The van der Waals surface area contributed by atoms with E-state index in [-0.39, 0.29) is 5.69 Å². The average molecular weight is 230 g/mol. The van der Waals surface area contributed by atoms with E-state index in [4.69, 9.17) is 9.78 Å². The Hall–Kier alpha value is -2.49. The Kier molecular flexibility index (Phi) is 3.25. The van der Waals surface area contributed by atoms with Gasteiger partial charge in [-0.2, -0.15) is 10.2 Å². The summed E-state index contributed by atoms with van der Waals surface area (Å²) < 4.78 is 4.96. The van der Waals surface area contributed by atoms with Crippen LogP contribution in [0.2, 0.25) is 0 Å². The highest BCUT2D eigenvalue weighted by Crippen LogP contribution is 2.06. The van der Waals surface area contributed by atoms with Crippen molar-refractivity contribution in [2.24, 2.45) is 0 Å². The molecule has 2 aromatic rings. The summed E-state index contributed by atoms with van der Waals surface area (Å²) in [5.41, 5.74) is 0.272. The molecule has 86 valence electrons. The average Bonchev–Trinajstić information content (AvgIpc) is 2.76. The fourth-order valence-electron chi connectivity index (χ4n) is 1.28. The van der Waals surface area contributed by atoms with Crippen molar-refractivity contribution in [1.29, 1.82) is 5.26 Å². The summed E-state index contributed by atoms with van der Waals surface area (Å²) in [6.45, 7) is 2.31. The molecule has 0 aliphatic heterocycles. The van der Waals surface area contributed by atoms with Crippen molar-refractivity contribution in [3.8, 4) is 6.07 Å². The fourth-order valence-corrected chi connectivity index (χ4v) is 1.28. The molecule has 1 N–H and O–H groups in total. The summed E-state index contributed by atoms with van der Waals surface area (Å²) in [7, 11) is 0. The van der Waals surface area contributed by atoms with E-state index in [0.717, 1.165) is 0 Å². The molecule has 0 aliphatic carbocycles. The first kappa shape index (κ1) is 11.0. The number of aryl methyl sites for hydroxylation is 1. The smallest absolute Gasteiger partial charge is 0.228 e. The highest BCUT2D eigenvalue weighted by molar-refractivity contribution is 5.46. The molecule has 0 radical (unpaired) electrons. The maximum atomic E-state index is 8.80. The number of nitrogens with zero attached hydrogens (tertiary/aromatic N) is 5. The van der Waals surface area contributed by atoms with E-state index in [1.807, 2.05) is 6.07 Å². The van der Waals surface area contributed by atoms with Crippen LogP contribution >= 0.6 is 0 Å². The Morgan fingerprint density at radius 3 is 2.94 bits per heavy atom. The van der Waals surface area contributed by atoms with Gasteiger partial charge in [-0.25, -0.2) is 9.97 Å². The van der Waals surface area contributed by atoms with Crippen molar-refractivity contribution >= 4 is 5.82 Å². The van der Waals surface area contributed by atoms with E-state index >= 15 is 0 Å². The largest absolute Gasteiger partial charge is 0.367 e. The SMILES string of the molecule is Cc1noc(CCNc2nccnc2C#N)n1. The van der Waals surface area contributed by atoms with Crippen LogP contribution in [-0.4, -0.2) is 26.7 Å². The number of nitrogens with one attached hydrogen (secondary N) is 1. The molecule has 0 aliphatic rings. The first-order valence-corrected chi connectivity index (χ1v) is 5.04. The van der Waals surface area contributed by atoms with Crippen molar-refractivity contribution < 1.29 is 4.52 Å². The lowest BCUT2D eigenvalue weighted by Gasteiger charge is -2.03. The lowest BCUT2D eigenvalue weighted by atomic mass is 10.4. The Morgan fingerprint density at radius 1 is 1.41 bits per heavy atom. The molecule has 2 rings (SSSR count). The minimum Gasteiger partial charge on any atom is -0.367 e. The zero-order chi connectivity index (χ0) is 12.1. The fraction of sp³-hybridized carbons (Fsp3) is 0.300. The van der Waals surface area contributed by atoms with E-state index in [9.17, 15) is 0 Å². The van der Waals surface area contributed by atoms with Crippen LogP contribution in [0, 0.1) is 18.3 Å². The molecule has 2 aromatic heterocycles. The molecule has 17 heavy (non-hydrogen) atoms. The Morgan fingerprint density at radius 2 is 2.24 bits per heavy atom. The maximum absolute atomic E-state index is 8.80. The molecule has 0 spiro atoms. The second-order valence-corrected chi connectivity index (χ2v) is 3.28. The van der Waals surface area contributed by atoms with Crippen LogP contribution in [0.15, 0.2) is 16.9 Å². The normalized spacial score (nSPS) is 9.88. The molecule has 7 nitrogen and oxygen atoms in total. The van der Waals surface area contributed by atoms with Gasteiger partial charge in [0.1, 0.15) is 6.07 Å². The third kappa shape index (κ3) is 2.75. The zero-order valence-corrected chi connectivity index (χ0v) is 9.21. The van der Waals surface area contributed by atoms with Crippen molar-refractivity contribution in [3.05, 3.63) is 29.8 Å². The van der Waals surface area contributed by atoms with E-state index < -0.39 is 0 Å². The lowest BCUT2D eigenvalue weighted by molar-refractivity contribution is 0.377. The Balaban J connectivity index is 1.92. The van der Waals surface area contributed by atoms with E-state index in [1.165, 1.54) is 12.4 Å². The van der Waals surface area contributed by atoms with Crippen LogP contribution in [0.5, 0.6) is 0 Å². The second-order valence-electron chi connectivity index (χ2n) is 3.28. The van der Waals surface area contributed by atoms with Crippen molar-refractivity contribution in [3.63, 3.8) is 0 Å². The molecule has 0 unspecified atom stereocenters. The van der Waals surface area contributed by atoms with Crippen LogP contribution < -0.4 is 5.32 Å². The quantitative estimate of drug-likeness (QED) is 0.824. The van der Waals surface area contributed by atoms with Crippen molar-refractivity contribution in [1.82, 2.24) is 20.1 Å². The monoisotopic (exact) mass is 230 g/mol. The molecule has 2 heterocycles. The summed E-state index contributed by atoms with van der Waals surface area (Å²) in [5, 5.41) is 15.5. The first-order chi connectivity index (χ1) is 8.29. The first-order valence-electron chi connectivity index (χ1n) is 5.04. The molecular formula is C10H10N6O. The van der Waals surface area contributed by atoms with Crippen molar-refractivity contribution in [2.75, 3.05) is 11.9 Å². The summed E-state index contributed by atoms with van der Waals surface area (Å²) in [6, 6.07) is 1.96. The van der Waals surface area contributed by atoms with Crippen LogP contribution in [0.4, 0.5) is 5.82 Å². The van der Waals surface area contributed by atoms with Crippen LogP contribution in [0.3, 0.4) is 0 Å². The van der Waals surface area contributed by atoms with Gasteiger partial charge < -0.3 is 9.84 Å². The number of rotatable bonds is 4. The van der Waals surface area contributed by atoms with Crippen molar-refractivity contribution in [2.45, 2.75) is 13.3 Å².